The molecule has 1 heterocycles. The SMILES string of the molecule is COc1ccc([C@H](CCNCc2ccco2)c2ccc(F)cc2)cc1. The van der Waals surface area contributed by atoms with Crippen molar-refractivity contribution in [3.63, 3.8) is 0 Å². The van der Waals surface area contributed by atoms with Gasteiger partial charge in [-0.15, -0.1) is 0 Å². The number of rotatable bonds is 8. The van der Waals surface area contributed by atoms with Crippen molar-refractivity contribution in [3.8, 4) is 5.75 Å². The van der Waals surface area contributed by atoms with Crippen LogP contribution in [0.1, 0.15) is 29.2 Å². The van der Waals surface area contributed by atoms with Gasteiger partial charge >= 0.3 is 0 Å². The topological polar surface area (TPSA) is 34.4 Å². The van der Waals surface area contributed by atoms with E-state index in [0.29, 0.717) is 6.54 Å². The molecule has 2 aromatic carbocycles. The summed E-state index contributed by atoms with van der Waals surface area (Å²) in [6.07, 6.45) is 2.58. The number of benzene rings is 2. The Morgan fingerprint density at radius 2 is 1.68 bits per heavy atom. The van der Waals surface area contributed by atoms with Gasteiger partial charge in [-0.3, -0.25) is 0 Å². The standard InChI is InChI=1S/C21H22FNO2/c1-24-19-10-6-17(7-11-19)21(16-4-8-18(22)9-5-16)12-13-23-15-20-3-2-14-25-20/h2-11,14,21,23H,12-13,15H2,1H3/t21-/m1/s1. The highest BCUT2D eigenvalue weighted by molar-refractivity contribution is 5.36. The van der Waals surface area contributed by atoms with Crippen molar-refractivity contribution >= 4 is 0 Å². The van der Waals surface area contributed by atoms with Crippen LogP contribution in [-0.4, -0.2) is 13.7 Å². The molecule has 0 radical (unpaired) electrons. The molecule has 0 aliphatic carbocycles. The molecule has 3 rings (SSSR count). The van der Waals surface area contributed by atoms with Crippen molar-refractivity contribution in [1.29, 1.82) is 0 Å². The predicted octanol–water partition coefficient (Wildman–Crippen LogP) is 4.74. The van der Waals surface area contributed by atoms with Gasteiger partial charge in [-0.1, -0.05) is 24.3 Å². The summed E-state index contributed by atoms with van der Waals surface area (Å²) in [5.74, 6) is 1.73. The number of hydrogen-bond acceptors (Lipinski definition) is 3. The molecule has 0 amide bonds. The summed E-state index contributed by atoms with van der Waals surface area (Å²) >= 11 is 0. The van der Waals surface area contributed by atoms with E-state index in [9.17, 15) is 4.39 Å². The van der Waals surface area contributed by atoms with Crippen LogP contribution >= 0.6 is 0 Å². The summed E-state index contributed by atoms with van der Waals surface area (Å²) in [5.41, 5.74) is 2.29. The second-order valence-electron chi connectivity index (χ2n) is 5.92. The third-order valence-electron chi connectivity index (χ3n) is 4.28. The summed E-state index contributed by atoms with van der Waals surface area (Å²) in [4.78, 5) is 0. The lowest BCUT2D eigenvalue weighted by molar-refractivity contribution is 0.414. The van der Waals surface area contributed by atoms with E-state index in [-0.39, 0.29) is 11.7 Å². The van der Waals surface area contributed by atoms with Crippen LogP contribution in [0.4, 0.5) is 4.39 Å². The van der Waals surface area contributed by atoms with Crippen molar-refractivity contribution < 1.29 is 13.5 Å². The van der Waals surface area contributed by atoms with Crippen molar-refractivity contribution in [1.82, 2.24) is 5.32 Å². The highest BCUT2D eigenvalue weighted by Crippen LogP contribution is 2.29. The zero-order valence-corrected chi connectivity index (χ0v) is 14.2. The van der Waals surface area contributed by atoms with E-state index in [1.807, 2.05) is 36.4 Å². The zero-order chi connectivity index (χ0) is 17.5. The molecule has 25 heavy (non-hydrogen) atoms. The van der Waals surface area contributed by atoms with Gasteiger partial charge in [0.05, 0.1) is 19.9 Å². The lowest BCUT2D eigenvalue weighted by Gasteiger charge is -2.19. The Balaban J connectivity index is 1.70. The molecule has 3 aromatic rings. The van der Waals surface area contributed by atoms with Crippen LogP contribution in [0.25, 0.3) is 0 Å². The summed E-state index contributed by atoms with van der Waals surface area (Å²) in [6, 6.07) is 18.6. The van der Waals surface area contributed by atoms with Crippen LogP contribution in [0.2, 0.25) is 0 Å². The third kappa shape index (κ3) is 4.70. The Labute approximate surface area is 147 Å². The van der Waals surface area contributed by atoms with Gasteiger partial charge in [-0.2, -0.15) is 0 Å². The van der Waals surface area contributed by atoms with Crippen LogP contribution in [0.5, 0.6) is 5.75 Å². The average Bonchev–Trinajstić information content (AvgIpc) is 3.16. The van der Waals surface area contributed by atoms with E-state index in [4.69, 9.17) is 9.15 Å². The third-order valence-corrected chi connectivity index (χ3v) is 4.28. The van der Waals surface area contributed by atoms with Gasteiger partial charge in [0, 0.05) is 5.92 Å². The zero-order valence-electron chi connectivity index (χ0n) is 14.2. The molecule has 0 fully saturated rings. The molecule has 1 atom stereocenters. The largest absolute Gasteiger partial charge is 0.497 e. The van der Waals surface area contributed by atoms with Crippen LogP contribution in [0.3, 0.4) is 0 Å². The first kappa shape index (κ1) is 17.2. The molecule has 4 heteroatoms. The highest BCUT2D eigenvalue weighted by Gasteiger charge is 2.14. The Bertz CT molecular complexity index is 752. The fourth-order valence-corrected chi connectivity index (χ4v) is 2.93. The van der Waals surface area contributed by atoms with Crippen LogP contribution in [0.15, 0.2) is 71.3 Å². The van der Waals surface area contributed by atoms with Gasteiger partial charge in [0.15, 0.2) is 0 Å². The highest BCUT2D eigenvalue weighted by atomic mass is 19.1. The molecule has 0 aliphatic heterocycles. The van der Waals surface area contributed by atoms with Crippen LogP contribution in [-0.2, 0) is 6.54 Å². The molecule has 1 N–H and O–H groups in total. The predicted molar refractivity (Wildman–Crippen MR) is 96.3 cm³/mol. The number of ether oxygens (including phenoxy) is 1. The van der Waals surface area contributed by atoms with Crippen molar-refractivity contribution in [2.45, 2.75) is 18.9 Å². The summed E-state index contributed by atoms with van der Waals surface area (Å²) in [6.45, 7) is 1.53. The normalized spacial score (nSPS) is 12.1. The molecule has 0 unspecified atom stereocenters. The first-order valence-corrected chi connectivity index (χ1v) is 8.39. The minimum Gasteiger partial charge on any atom is -0.497 e. The van der Waals surface area contributed by atoms with Crippen LogP contribution < -0.4 is 10.1 Å². The van der Waals surface area contributed by atoms with E-state index >= 15 is 0 Å². The van der Waals surface area contributed by atoms with E-state index in [2.05, 4.69) is 17.4 Å². The minimum absolute atomic E-state index is 0.190. The van der Waals surface area contributed by atoms with E-state index in [1.165, 1.54) is 17.7 Å². The van der Waals surface area contributed by atoms with E-state index in [0.717, 1.165) is 30.0 Å². The van der Waals surface area contributed by atoms with Gasteiger partial charge < -0.3 is 14.5 Å². The molecule has 0 aliphatic rings. The average molecular weight is 339 g/mol. The number of furan rings is 1. The quantitative estimate of drug-likeness (QED) is 0.602. The number of nitrogens with one attached hydrogen (secondary N) is 1. The van der Waals surface area contributed by atoms with Gasteiger partial charge in [0.1, 0.15) is 17.3 Å². The van der Waals surface area contributed by atoms with Gasteiger partial charge in [0.2, 0.25) is 0 Å². The first-order valence-electron chi connectivity index (χ1n) is 8.39. The summed E-state index contributed by atoms with van der Waals surface area (Å²) < 4.78 is 23.8. The number of hydrogen-bond donors (Lipinski definition) is 1. The van der Waals surface area contributed by atoms with Gasteiger partial charge in [-0.25, -0.2) is 4.39 Å². The summed E-state index contributed by atoms with van der Waals surface area (Å²) in [5, 5.41) is 3.40. The second kappa shape index (κ2) is 8.49. The Morgan fingerprint density at radius 3 is 2.28 bits per heavy atom. The van der Waals surface area contributed by atoms with Crippen molar-refractivity contribution in [2.24, 2.45) is 0 Å². The molecule has 3 nitrogen and oxygen atoms in total. The fourth-order valence-electron chi connectivity index (χ4n) is 2.93. The molecule has 0 bridgehead atoms. The molecular weight excluding hydrogens is 317 g/mol. The maximum absolute atomic E-state index is 13.3. The van der Waals surface area contributed by atoms with Gasteiger partial charge in [-0.05, 0) is 60.5 Å². The van der Waals surface area contributed by atoms with Crippen molar-refractivity contribution in [3.05, 3.63) is 89.6 Å². The number of methoxy groups -OCH3 is 1. The minimum atomic E-state index is -0.215. The lowest BCUT2D eigenvalue weighted by Crippen LogP contribution is -2.17. The molecule has 130 valence electrons. The lowest BCUT2D eigenvalue weighted by atomic mass is 9.88. The van der Waals surface area contributed by atoms with Crippen molar-refractivity contribution in [2.75, 3.05) is 13.7 Å². The maximum Gasteiger partial charge on any atom is 0.123 e. The second-order valence-corrected chi connectivity index (χ2v) is 5.92. The Kier molecular flexibility index (Phi) is 5.86. The molecule has 0 saturated carbocycles. The fraction of sp³-hybridized carbons (Fsp3) is 0.238. The molecule has 0 saturated heterocycles. The monoisotopic (exact) mass is 339 g/mol. The Hall–Kier alpha value is -2.59. The molecule has 1 aromatic heterocycles. The molecular formula is C21H22FNO2. The van der Waals surface area contributed by atoms with Crippen LogP contribution in [0, 0.1) is 5.82 Å². The smallest absolute Gasteiger partial charge is 0.123 e. The number of halogens is 1. The maximum atomic E-state index is 13.3. The molecule has 0 spiro atoms. The van der Waals surface area contributed by atoms with E-state index < -0.39 is 0 Å². The van der Waals surface area contributed by atoms with E-state index in [1.54, 1.807) is 13.4 Å². The first-order chi connectivity index (χ1) is 12.3. The van der Waals surface area contributed by atoms with Gasteiger partial charge in [0.25, 0.3) is 0 Å². The Morgan fingerprint density at radius 1 is 1.00 bits per heavy atom. The summed E-state index contributed by atoms with van der Waals surface area (Å²) in [7, 11) is 1.66.